The number of rotatable bonds is 5. The van der Waals surface area contributed by atoms with E-state index in [-0.39, 0.29) is 0 Å². The van der Waals surface area contributed by atoms with Crippen molar-refractivity contribution in [1.82, 2.24) is 4.98 Å². The second-order valence-electron chi connectivity index (χ2n) is 7.71. The number of hydrogen-bond acceptors (Lipinski definition) is 3. The van der Waals surface area contributed by atoms with Crippen molar-refractivity contribution in [3.05, 3.63) is 60.3 Å². The van der Waals surface area contributed by atoms with Crippen molar-refractivity contribution >= 4 is 22.5 Å². The van der Waals surface area contributed by atoms with Gasteiger partial charge in [0.25, 0.3) is 0 Å². The number of nitrogens with zero attached hydrogens (tertiary/aromatic N) is 1. The predicted octanol–water partition coefficient (Wildman–Crippen LogP) is 5.38. The lowest BCUT2D eigenvalue weighted by Gasteiger charge is -2.20. The molecule has 2 aromatic carbocycles. The van der Waals surface area contributed by atoms with Gasteiger partial charge in [0.1, 0.15) is 0 Å². The largest absolute Gasteiger partial charge is 0.384 e. The lowest BCUT2D eigenvalue weighted by atomic mass is 9.96. The Morgan fingerprint density at radius 2 is 1.68 bits per heavy atom. The molecule has 0 saturated heterocycles. The van der Waals surface area contributed by atoms with Gasteiger partial charge in [0.15, 0.2) is 0 Å². The molecule has 0 radical (unpaired) electrons. The second kappa shape index (κ2) is 8.42. The fourth-order valence-electron chi connectivity index (χ4n) is 4.28. The van der Waals surface area contributed by atoms with Crippen LogP contribution in [0.1, 0.15) is 48.9 Å². The van der Waals surface area contributed by atoms with E-state index in [9.17, 15) is 4.79 Å². The van der Waals surface area contributed by atoms with Gasteiger partial charge in [-0.25, -0.2) is 0 Å². The molecule has 4 nitrogen and oxygen atoms in total. The van der Waals surface area contributed by atoms with E-state index in [4.69, 9.17) is 5.73 Å². The van der Waals surface area contributed by atoms with Crippen molar-refractivity contribution < 1.29 is 4.79 Å². The topological polar surface area (TPSA) is 68.0 Å². The summed E-state index contributed by atoms with van der Waals surface area (Å²) < 4.78 is 0. The summed E-state index contributed by atoms with van der Waals surface area (Å²) in [6, 6.07) is 15.7. The second-order valence-corrected chi connectivity index (χ2v) is 7.71. The molecule has 1 aliphatic carbocycles. The molecule has 3 aromatic rings. The summed E-state index contributed by atoms with van der Waals surface area (Å²) in [5.74, 6) is 0.270. The number of para-hydroxylation sites is 1. The first-order chi connectivity index (χ1) is 13.7. The number of anilines is 1. The zero-order valence-electron chi connectivity index (χ0n) is 16.2. The standard InChI is InChI=1S/C24H27N3O/c25-24(28)19-12-6-5-11-18(19)21-16-26-22-14-8-7-13-20(22)23(21)27-15-17-9-3-1-2-4-10-17/h5-8,11-14,16-17H,1-4,9-10,15H2,(H2,25,28)(H,26,27). The number of carbonyl (C=O) groups excluding carboxylic acids is 1. The van der Waals surface area contributed by atoms with Gasteiger partial charge in [-0.3, -0.25) is 9.78 Å². The van der Waals surface area contributed by atoms with Crippen LogP contribution in [0.5, 0.6) is 0 Å². The quantitative estimate of drug-likeness (QED) is 0.590. The van der Waals surface area contributed by atoms with Crippen molar-refractivity contribution in [2.45, 2.75) is 38.5 Å². The molecule has 3 N–H and O–H groups in total. The maximum absolute atomic E-state index is 12.0. The Morgan fingerprint density at radius 1 is 0.964 bits per heavy atom. The summed E-state index contributed by atoms with van der Waals surface area (Å²) in [6.07, 6.45) is 9.77. The number of carbonyl (C=O) groups is 1. The van der Waals surface area contributed by atoms with Gasteiger partial charge in [0.05, 0.1) is 11.2 Å². The van der Waals surface area contributed by atoms with Gasteiger partial charge >= 0.3 is 0 Å². The monoisotopic (exact) mass is 373 g/mol. The first kappa shape index (κ1) is 18.5. The van der Waals surface area contributed by atoms with Crippen LogP contribution in [-0.2, 0) is 0 Å². The Morgan fingerprint density at radius 3 is 2.46 bits per heavy atom. The van der Waals surface area contributed by atoms with E-state index in [2.05, 4.69) is 16.4 Å². The summed E-state index contributed by atoms with van der Waals surface area (Å²) in [4.78, 5) is 16.6. The molecule has 0 unspecified atom stereocenters. The highest BCUT2D eigenvalue weighted by Gasteiger charge is 2.18. The minimum Gasteiger partial charge on any atom is -0.384 e. The van der Waals surface area contributed by atoms with Crippen LogP contribution >= 0.6 is 0 Å². The normalized spacial score (nSPS) is 15.3. The van der Waals surface area contributed by atoms with Crippen molar-refractivity contribution in [2.24, 2.45) is 11.7 Å². The van der Waals surface area contributed by atoms with Gasteiger partial charge in [-0.1, -0.05) is 62.1 Å². The summed E-state index contributed by atoms with van der Waals surface area (Å²) in [6.45, 7) is 0.944. The first-order valence-electron chi connectivity index (χ1n) is 10.2. The zero-order valence-corrected chi connectivity index (χ0v) is 16.2. The number of primary amides is 1. The lowest BCUT2D eigenvalue weighted by molar-refractivity contribution is 0.100. The van der Waals surface area contributed by atoms with Gasteiger partial charge < -0.3 is 11.1 Å². The number of nitrogens with two attached hydrogens (primary N) is 1. The van der Waals surface area contributed by atoms with Gasteiger partial charge in [0.2, 0.25) is 5.91 Å². The Labute approximate surface area is 166 Å². The van der Waals surface area contributed by atoms with Crippen LogP contribution in [0.4, 0.5) is 5.69 Å². The van der Waals surface area contributed by atoms with E-state index in [1.165, 1.54) is 38.5 Å². The van der Waals surface area contributed by atoms with Crippen molar-refractivity contribution in [3.63, 3.8) is 0 Å². The highest BCUT2D eigenvalue weighted by atomic mass is 16.1. The highest BCUT2D eigenvalue weighted by molar-refractivity contribution is 6.05. The molecule has 1 saturated carbocycles. The van der Waals surface area contributed by atoms with Crippen LogP contribution in [0.3, 0.4) is 0 Å². The first-order valence-corrected chi connectivity index (χ1v) is 10.2. The van der Waals surface area contributed by atoms with Crippen LogP contribution in [0, 0.1) is 5.92 Å². The third kappa shape index (κ3) is 3.86. The SMILES string of the molecule is NC(=O)c1ccccc1-c1cnc2ccccc2c1NCC1CCCCCC1. The Balaban J connectivity index is 1.76. The van der Waals surface area contributed by atoms with Crippen LogP contribution in [0.2, 0.25) is 0 Å². The molecular formula is C24H27N3O. The number of aromatic nitrogens is 1. The molecule has 0 atom stereocenters. The Kier molecular flexibility index (Phi) is 5.56. The third-order valence-corrected chi connectivity index (χ3v) is 5.80. The van der Waals surface area contributed by atoms with E-state index < -0.39 is 5.91 Å². The molecule has 4 rings (SSSR count). The van der Waals surface area contributed by atoms with Crippen molar-refractivity contribution in [2.75, 3.05) is 11.9 Å². The fourth-order valence-corrected chi connectivity index (χ4v) is 4.28. The predicted molar refractivity (Wildman–Crippen MR) is 115 cm³/mol. The Bertz CT molecular complexity index is 975. The maximum Gasteiger partial charge on any atom is 0.249 e. The zero-order chi connectivity index (χ0) is 19.3. The number of pyridine rings is 1. The summed E-state index contributed by atoms with van der Waals surface area (Å²) in [5.41, 5.74) is 9.93. The molecule has 0 aliphatic heterocycles. The Hall–Kier alpha value is -2.88. The van der Waals surface area contributed by atoms with Gasteiger partial charge in [-0.05, 0) is 36.5 Å². The van der Waals surface area contributed by atoms with Crippen LogP contribution < -0.4 is 11.1 Å². The molecule has 0 spiro atoms. The van der Waals surface area contributed by atoms with Crippen molar-refractivity contribution in [1.29, 1.82) is 0 Å². The van der Waals surface area contributed by atoms with Gasteiger partial charge in [0, 0.05) is 29.3 Å². The van der Waals surface area contributed by atoms with E-state index >= 15 is 0 Å². The number of benzene rings is 2. The third-order valence-electron chi connectivity index (χ3n) is 5.80. The molecular weight excluding hydrogens is 346 g/mol. The van der Waals surface area contributed by atoms with E-state index in [1.54, 1.807) is 6.07 Å². The molecule has 1 amide bonds. The summed E-state index contributed by atoms with van der Waals surface area (Å²) in [5, 5.41) is 4.80. The van der Waals surface area contributed by atoms with E-state index in [1.807, 2.05) is 42.6 Å². The van der Waals surface area contributed by atoms with Crippen molar-refractivity contribution in [3.8, 4) is 11.1 Å². The minimum absolute atomic E-state index is 0.418. The van der Waals surface area contributed by atoms with Gasteiger partial charge in [-0.15, -0.1) is 0 Å². The minimum atomic E-state index is -0.418. The van der Waals surface area contributed by atoms with E-state index in [0.717, 1.165) is 34.3 Å². The molecule has 4 heteroatoms. The highest BCUT2D eigenvalue weighted by Crippen LogP contribution is 2.36. The number of nitrogens with one attached hydrogen (secondary N) is 1. The molecule has 0 bridgehead atoms. The fraction of sp³-hybridized carbons (Fsp3) is 0.333. The summed E-state index contributed by atoms with van der Waals surface area (Å²) in [7, 11) is 0. The number of fused-ring (bicyclic) bond motifs is 1. The molecule has 144 valence electrons. The van der Waals surface area contributed by atoms with Crippen LogP contribution in [-0.4, -0.2) is 17.4 Å². The number of amides is 1. The van der Waals surface area contributed by atoms with Crippen LogP contribution in [0.25, 0.3) is 22.0 Å². The van der Waals surface area contributed by atoms with Crippen LogP contribution in [0.15, 0.2) is 54.7 Å². The maximum atomic E-state index is 12.0. The average molecular weight is 374 g/mol. The smallest absolute Gasteiger partial charge is 0.249 e. The molecule has 1 aromatic heterocycles. The van der Waals surface area contributed by atoms with E-state index in [0.29, 0.717) is 11.5 Å². The molecule has 1 aliphatic rings. The molecule has 28 heavy (non-hydrogen) atoms. The van der Waals surface area contributed by atoms with Gasteiger partial charge in [-0.2, -0.15) is 0 Å². The summed E-state index contributed by atoms with van der Waals surface area (Å²) >= 11 is 0. The average Bonchev–Trinajstić information content (AvgIpc) is 3.00. The molecule has 1 fully saturated rings. The number of hydrogen-bond donors (Lipinski definition) is 2. The lowest BCUT2D eigenvalue weighted by Crippen LogP contribution is -2.16. The molecule has 1 heterocycles.